The Labute approximate surface area is 132 Å². The van der Waals surface area contributed by atoms with Gasteiger partial charge in [0, 0.05) is 6.26 Å². The molecule has 1 aliphatic rings. The van der Waals surface area contributed by atoms with E-state index >= 15 is 0 Å². The third-order valence-corrected chi connectivity index (χ3v) is 6.48. The van der Waals surface area contributed by atoms with Gasteiger partial charge in [0.15, 0.2) is 9.84 Å². The van der Waals surface area contributed by atoms with E-state index in [0.29, 0.717) is 6.42 Å². The van der Waals surface area contributed by atoms with E-state index in [4.69, 9.17) is 0 Å². The molecular formula is C17H24O4S. The molecule has 0 saturated heterocycles. The van der Waals surface area contributed by atoms with Gasteiger partial charge in [-0.25, -0.2) is 8.42 Å². The first kappa shape index (κ1) is 17.0. The molecule has 1 aliphatic carbocycles. The first-order chi connectivity index (χ1) is 10.0. The fraction of sp³-hybridized carbons (Fsp3) is 0.588. The quantitative estimate of drug-likeness (QED) is 0.924. The van der Waals surface area contributed by atoms with E-state index in [-0.39, 0.29) is 11.8 Å². The summed E-state index contributed by atoms with van der Waals surface area (Å²) in [6.07, 6.45) is 2.49. The highest BCUT2D eigenvalue weighted by Crippen LogP contribution is 2.46. The summed E-state index contributed by atoms with van der Waals surface area (Å²) in [5.41, 5.74) is 1.05. The number of carboxylic acids is 1. The second-order valence-electron chi connectivity index (χ2n) is 7.17. The van der Waals surface area contributed by atoms with Gasteiger partial charge in [-0.1, -0.05) is 31.2 Å². The van der Waals surface area contributed by atoms with Crippen LogP contribution in [0.2, 0.25) is 0 Å². The molecule has 0 heterocycles. The summed E-state index contributed by atoms with van der Waals surface area (Å²) in [6, 6.07) is 7.62. The highest BCUT2D eigenvalue weighted by Gasteiger charge is 2.42. The monoisotopic (exact) mass is 324 g/mol. The third kappa shape index (κ3) is 3.19. The van der Waals surface area contributed by atoms with Crippen LogP contribution in [-0.2, 0) is 21.1 Å². The van der Waals surface area contributed by atoms with Crippen molar-refractivity contribution in [3.8, 4) is 0 Å². The second kappa shape index (κ2) is 5.69. The zero-order chi connectivity index (χ0) is 16.7. The highest BCUT2D eigenvalue weighted by atomic mass is 32.2. The lowest BCUT2D eigenvalue weighted by molar-refractivity contribution is -0.148. The van der Waals surface area contributed by atoms with E-state index in [1.165, 1.54) is 6.26 Å². The van der Waals surface area contributed by atoms with Crippen molar-refractivity contribution in [1.29, 1.82) is 0 Å². The van der Waals surface area contributed by atoms with Crippen LogP contribution in [0, 0.1) is 17.3 Å². The van der Waals surface area contributed by atoms with Gasteiger partial charge < -0.3 is 5.11 Å². The maximum Gasteiger partial charge on any atom is 0.309 e. The Balaban J connectivity index is 2.44. The van der Waals surface area contributed by atoms with Crippen molar-refractivity contribution in [2.24, 2.45) is 17.3 Å². The summed E-state index contributed by atoms with van der Waals surface area (Å²) in [5.74, 6) is -0.890. The second-order valence-corrected chi connectivity index (χ2v) is 9.33. The van der Waals surface area contributed by atoms with Crippen molar-refractivity contribution in [1.82, 2.24) is 0 Å². The molecule has 0 spiro atoms. The van der Waals surface area contributed by atoms with Crippen molar-refractivity contribution in [2.45, 2.75) is 38.9 Å². The summed E-state index contributed by atoms with van der Waals surface area (Å²) in [5, 5.41) is 8.81. The minimum Gasteiger partial charge on any atom is -0.481 e. The van der Waals surface area contributed by atoms with Gasteiger partial charge in [0.1, 0.15) is 0 Å². The predicted octanol–water partition coefficient (Wildman–Crippen LogP) is 3.08. The summed E-state index contributed by atoms with van der Waals surface area (Å²) in [6.45, 7) is 5.35. The smallest absolute Gasteiger partial charge is 0.309 e. The van der Waals surface area contributed by atoms with Crippen LogP contribution in [0.4, 0.5) is 0 Å². The fourth-order valence-corrected chi connectivity index (χ4v) is 5.31. The molecule has 4 nitrogen and oxygen atoms in total. The molecule has 5 heteroatoms. The normalized spacial score (nSPS) is 25.5. The van der Waals surface area contributed by atoms with Crippen LogP contribution in [0.3, 0.4) is 0 Å². The molecule has 1 N–H and O–H groups in total. The number of carbonyl (C=O) groups is 1. The lowest BCUT2D eigenvalue weighted by Crippen LogP contribution is -2.36. The van der Waals surface area contributed by atoms with E-state index in [9.17, 15) is 18.3 Å². The van der Waals surface area contributed by atoms with Crippen molar-refractivity contribution in [3.05, 3.63) is 35.4 Å². The van der Waals surface area contributed by atoms with Crippen LogP contribution < -0.4 is 0 Å². The number of carboxylic acid groups (broad SMARTS) is 1. The average molecular weight is 324 g/mol. The van der Waals surface area contributed by atoms with E-state index in [2.05, 4.69) is 0 Å². The van der Waals surface area contributed by atoms with Crippen LogP contribution >= 0.6 is 0 Å². The van der Waals surface area contributed by atoms with Gasteiger partial charge in [-0.15, -0.1) is 0 Å². The molecule has 0 bridgehead atoms. The van der Waals surface area contributed by atoms with Gasteiger partial charge in [0.2, 0.25) is 0 Å². The van der Waals surface area contributed by atoms with E-state index in [1.807, 2.05) is 31.2 Å². The molecule has 0 aromatic heterocycles. The SMILES string of the molecule is C[C@H]1C(S(C)(=O)=O)c2ccccc2C[C@H]1CC(C)(C)C(=O)O. The number of sulfone groups is 1. The number of aliphatic carboxylic acids is 1. The van der Waals surface area contributed by atoms with E-state index in [0.717, 1.165) is 17.5 Å². The Bertz CT molecular complexity index is 676. The van der Waals surface area contributed by atoms with Crippen LogP contribution in [0.25, 0.3) is 0 Å². The minimum atomic E-state index is -3.24. The molecule has 22 heavy (non-hydrogen) atoms. The summed E-state index contributed by atoms with van der Waals surface area (Å²) in [4.78, 5) is 11.4. The molecule has 3 atom stereocenters. The molecule has 1 aromatic carbocycles. The Morgan fingerprint density at radius 2 is 1.91 bits per heavy atom. The summed E-state index contributed by atoms with van der Waals surface area (Å²) < 4.78 is 24.6. The molecule has 1 unspecified atom stereocenters. The van der Waals surface area contributed by atoms with Crippen molar-refractivity contribution in [3.63, 3.8) is 0 Å². The van der Waals surface area contributed by atoms with Crippen LogP contribution in [0.1, 0.15) is 43.6 Å². The molecule has 0 amide bonds. The lowest BCUT2D eigenvalue weighted by Gasteiger charge is -2.39. The first-order valence-electron chi connectivity index (χ1n) is 7.54. The zero-order valence-electron chi connectivity index (χ0n) is 13.5. The van der Waals surface area contributed by atoms with Gasteiger partial charge in [-0.3, -0.25) is 4.79 Å². The molecule has 0 aliphatic heterocycles. The lowest BCUT2D eigenvalue weighted by atomic mass is 9.69. The molecule has 0 saturated carbocycles. The van der Waals surface area contributed by atoms with E-state index < -0.39 is 26.5 Å². The molecule has 122 valence electrons. The van der Waals surface area contributed by atoms with Crippen molar-refractivity contribution >= 4 is 15.8 Å². The number of hydrogen-bond acceptors (Lipinski definition) is 3. The Morgan fingerprint density at radius 1 is 1.32 bits per heavy atom. The van der Waals surface area contributed by atoms with Gasteiger partial charge in [-0.05, 0) is 49.7 Å². The summed E-state index contributed by atoms with van der Waals surface area (Å²) in [7, 11) is -3.24. The number of hydrogen-bond donors (Lipinski definition) is 1. The maximum absolute atomic E-state index is 12.3. The molecule has 0 fully saturated rings. The number of rotatable bonds is 4. The Morgan fingerprint density at radius 3 is 2.45 bits per heavy atom. The largest absolute Gasteiger partial charge is 0.481 e. The van der Waals surface area contributed by atoms with E-state index in [1.54, 1.807) is 13.8 Å². The average Bonchev–Trinajstić information content (AvgIpc) is 2.37. The first-order valence-corrected chi connectivity index (χ1v) is 9.49. The molecular weight excluding hydrogens is 300 g/mol. The topological polar surface area (TPSA) is 71.4 Å². The standard InChI is InChI=1S/C17H24O4S/c1-11-13(10-17(2,3)16(18)19)9-12-7-5-6-8-14(12)15(11)22(4,20)21/h5-8,11,13,15H,9-10H2,1-4H3,(H,18,19)/t11-,13+,15?/m1/s1. The van der Waals surface area contributed by atoms with Crippen LogP contribution in [0.15, 0.2) is 24.3 Å². The van der Waals surface area contributed by atoms with Gasteiger partial charge >= 0.3 is 5.97 Å². The van der Waals surface area contributed by atoms with Gasteiger partial charge in [0.25, 0.3) is 0 Å². The molecule has 2 rings (SSSR count). The summed E-state index contributed by atoms with van der Waals surface area (Å²) >= 11 is 0. The van der Waals surface area contributed by atoms with Gasteiger partial charge in [0.05, 0.1) is 10.7 Å². The third-order valence-electron chi connectivity index (χ3n) is 4.88. The number of benzene rings is 1. The minimum absolute atomic E-state index is 0.0423. The Hall–Kier alpha value is -1.36. The Kier molecular flexibility index (Phi) is 4.39. The molecule has 0 radical (unpaired) electrons. The number of fused-ring (bicyclic) bond motifs is 1. The predicted molar refractivity (Wildman–Crippen MR) is 86.4 cm³/mol. The maximum atomic E-state index is 12.3. The van der Waals surface area contributed by atoms with Crippen LogP contribution in [0.5, 0.6) is 0 Å². The van der Waals surface area contributed by atoms with Crippen molar-refractivity contribution < 1.29 is 18.3 Å². The zero-order valence-corrected chi connectivity index (χ0v) is 14.4. The highest BCUT2D eigenvalue weighted by molar-refractivity contribution is 7.90. The fourth-order valence-electron chi connectivity index (χ4n) is 3.62. The van der Waals surface area contributed by atoms with Gasteiger partial charge in [-0.2, -0.15) is 0 Å². The van der Waals surface area contributed by atoms with Crippen LogP contribution in [-0.4, -0.2) is 25.7 Å². The van der Waals surface area contributed by atoms with Crippen molar-refractivity contribution in [2.75, 3.05) is 6.26 Å². The molecule has 1 aromatic rings.